The molecule has 2 rings (SSSR count). The van der Waals surface area contributed by atoms with Gasteiger partial charge in [-0.15, -0.1) is 0 Å². The Kier molecular flexibility index (Phi) is 5.79. The summed E-state index contributed by atoms with van der Waals surface area (Å²) in [6.45, 7) is 4.90. The molecule has 1 atom stereocenters. The van der Waals surface area contributed by atoms with Crippen LogP contribution in [0.5, 0.6) is 5.75 Å². The molecule has 0 amide bonds. The molecule has 1 unspecified atom stereocenters. The predicted molar refractivity (Wildman–Crippen MR) is 90.3 cm³/mol. The fourth-order valence-corrected chi connectivity index (χ4v) is 2.93. The highest BCUT2D eigenvalue weighted by Gasteiger charge is 2.15. The molecule has 0 saturated heterocycles. The Labute approximate surface area is 134 Å². The van der Waals surface area contributed by atoms with Crippen LogP contribution in [0.1, 0.15) is 36.1 Å². The first-order valence-electron chi connectivity index (χ1n) is 7.10. The van der Waals surface area contributed by atoms with Gasteiger partial charge < -0.3 is 4.74 Å². The molecular weight excluding hydrogens is 328 g/mol. The molecule has 0 aliphatic rings. The van der Waals surface area contributed by atoms with Gasteiger partial charge in [-0.05, 0) is 48.2 Å². The van der Waals surface area contributed by atoms with E-state index in [1.54, 1.807) is 0 Å². The SMILES string of the molecule is CCCOc1ccc(C(NN)c2ccc(C)cc2Br)cc1. The van der Waals surface area contributed by atoms with Gasteiger partial charge in [0.15, 0.2) is 0 Å². The van der Waals surface area contributed by atoms with Crippen LogP contribution in [0.25, 0.3) is 0 Å². The normalized spacial score (nSPS) is 12.2. The predicted octanol–water partition coefficient (Wildman–Crippen LogP) is 4.10. The molecule has 0 radical (unpaired) electrons. The Morgan fingerprint density at radius 3 is 2.48 bits per heavy atom. The van der Waals surface area contributed by atoms with Crippen LogP contribution in [-0.4, -0.2) is 6.61 Å². The van der Waals surface area contributed by atoms with E-state index in [9.17, 15) is 0 Å². The van der Waals surface area contributed by atoms with Crippen molar-refractivity contribution in [1.29, 1.82) is 0 Å². The molecule has 0 spiro atoms. The maximum atomic E-state index is 5.76. The van der Waals surface area contributed by atoms with E-state index in [1.807, 2.05) is 24.3 Å². The molecular formula is C17H21BrN2O. The third-order valence-corrected chi connectivity index (χ3v) is 4.01. The van der Waals surface area contributed by atoms with Gasteiger partial charge in [0.05, 0.1) is 12.6 Å². The topological polar surface area (TPSA) is 47.3 Å². The fourth-order valence-electron chi connectivity index (χ4n) is 2.21. The van der Waals surface area contributed by atoms with Gasteiger partial charge in [-0.25, -0.2) is 5.43 Å². The first-order chi connectivity index (χ1) is 10.2. The molecule has 4 heteroatoms. The third kappa shape index (κ3) is 4.06. The molecule has 0 heterocycles. The van der Waals surface area contributed by atoms with E-state index in [1.165, 1.54) is 5.56 Å². The minimum absolute atomic E-state index is 0.0554. The van der Waals surface area contributed by atoms with E-state index >= 15 is 0 Å². The minimum atomic E-state index is -0.0554. The number of hydrogen-bond acceptors (Lipinski definition) is 3. The van der Waals surface area contributed by atoms with Crippen LogP contribution >= 0.6 is 15.9 Å². The molecule has 0 aromatic heterocycles. The second-order valence-electron chi connectivity index (χ2n) is 5.04. The van der Waals surface area contributed by atoms with Gasteiger partial charge in [-0.3, -0.25) is 5.84 Å². The maximum absolute atomic E-state index is 5.76. The van der Waals surface area contributed by atoms with Crippen LogP contribution in [0.4, 0.5) is 0 Å². The number of ether oxygens (including phenoxy) is 1. The first-order valence-corrected chi connectivity index (χ1v) is 7.90. The molecule has 2 aromatic rings. The highest BCUT2D eigenvalue weighted by molar-refractivity contribution is 9.10. The molecule has 0 saturated carbocycles. The van der Waals surface area contributed by atoms with Crippen LogP contribution in [0.3, 0.4) is 0 Å². The fraction of sp³-hybridized carbons (Fsp3) is 0.294. The lowest BCUT2D eigenvalue weighted by Crippen LogP contribution is -2.29. The van der Waals surface area contributed by atoms with E-state index < -0.39 is 0 Å². The van der Waals surface area contributed by atoms with E-state index in [4.69, 9.17) is 10.6 Å². The smallest absolute Gasteiger partial charge is 0.119 e. The Morgan fingerprint density at radius 2 is 1.90 bits per heavy atom. The zero-order valence-electron chi connectivity index (χ0n) is 12.4. The summed E-state index contributed by atoms with van der Waals surface area (Å²) >= 11 is 3.61. The van der Waals surface area contributed by atoms with Crippen LogP contribution in [0.15, 0.2) is 46.9 Å². The van der Waals surface area contributed by atoms with Crippen molar-refractivity contribution in [2.45, 2.75) is 26.3 Å². The number of nitrogens with one attached hydrogen (secondary N) is 1. The highest BCUT2D eigenvalue weighted by atomic mass is 79.9. The Morgan fingerprint density at radius 1 is 1.19 bits per heavy atom. The highest BCUT2D eigenvalue weighted by Crippen LogP contribution is 2.29. The summed E-state index contributed by atoms with van der Waals surface area (Å²) in [5.74, 6) is 6.65. The average Bonchev–Trinajstić information content (AvgIpc) is 2.49. The Bertz CT molecular complexity index is 584. The number of hydrazine groups is 1. The molecule has 3 N–H and O–H groups in total. The van der Waals surface area contributed by atoms with E-state index in [2.05, 4.69) is 53.4 Å². The molecule has 112 valence electrons. The average molecular weight is 349 g/mol. The van der Waals surface area contributed by atoms with E-state index in [-0.39, 0.29) is 6.04 Å². The van der Waals surface area contributed by atoms with Crippen molar-refractivity contribution < 1.29 is 4.74 Å². The summed E-state index contributed by atoms with van der Waals surface area (Å²) in [4.78, 5) is 0. The number of benzene rings is 2. The summed E-state index contributed by atoms with van der Waals surface area (Å²) in [5, 5.41) is 0. The lowest BCUT2D eigenvalue weighted by Gasteiger charge is -2.19. The molecule has 21 heavy (non-hydrogen) atoms. The van der Waals surface area contributed by atoms with Crippen molar-refractivity contribution in [2.24, 2.45) is 5.84 Å². The number of halogens is 1. The summed E-state index contributed by atoms with van der Waals surface area (Å²) in [6.07, 6.45) is 1.01. The number of nitrogens with two attached hydrogens (primary N) is 1. The first kappa shape index (κ1) is 16.0. The second-order valence-corrected chi connectivity index (χ2v) is 5.90. The summed E-state index contributed by atoms with van der Waals surface area (Å²) in [6, 6.07) is 14.3. The van der Waals surface area contributed by atoms with Crippen LogP contribution in [0, 0.1) is 6.92 Å². The van der Waals surface area contributed by atoms with Crippen molar-refractivity contribution in [2.75, 3.05) is 6.61 Å². The van der Waals surface area contributed by atoms with Gasteiger partial charge in [0.2, 0.25) is 0 Å². The summed E-state index contributed by atoms with van der Waals surface area (Å²) < 4.78 is 6.66. The van der Waals surface area contributed by atoms with Crippen molar-refractivity contribution in [1.82, 2.24) is 5.43 Å². The monoisotopic (exact) mass is 348 g/mol. The van der Waals surface area contributed by atoms with Gasteiger partial charge in [-0.2, -0.15) is 0 Å². The van der Waals surface area contributed by atoms with Gasteiger partial charge in [0, 0.05) is 4.47 Å². The van der Waals surface area contributed by atoms with E-state index in [0.29, 0.717) is 0 Å². The van der Waals surface area contributed by atoms with Gasteiger partial charge in [-0.1, -0.05) is 47.1 Å². The molecule has 3 nitrogen and oxygen atoms in total. The van der Waals surface area contributed by atoms with Gasteiger partial charge >= 0.3 is 0 Å². The van der Waals surface area contributed by atoms with E-state index in [0.717, 1.165) is 34.4 Å². The lowest BCUT2D eigenvalue weighted by molar-refractivity contribution is 0.317. The summed E-state index contributed by atoms with van der Waals surface area (Å²) in [5.41, 5.74) is 6.32. The molecule has 0 aliphatic carbocycles. The number of aryl methyl sites for hydroxylation is 1. The second kappa shape index (κ2) is 7.59. The van der Waals surface area contributed by atoms with Crippen molar-refractivity contribution in [3.63, 3.8) is 0 Å². The molecule has 2 aromatic carbocycles. The zero-order chi connectivity index (χ0) is 15.2. The zero-order valence-corrected chi connectivity index (χ0v) is 14.0. The molecule has 0 fully saturated rings. The van der Waals surface area contributed by atoms with Crippen LogP contribution < -0.4 is 16.0 Å². The van der Waals surface area contributed by atoms with Gasteiger partial charge in [0.1, 0.15) is 5.75 Å². The Balaban J connectivity index is 2.24. The van der Waals surface area contributed by atoms with Crippen molar-refractivity contribution in [3.05, 3.63) is 63.6 Å². The molecule has 0 bridgehead atoms. The van der Waals surface area contributed by atoms with Gasteiger partial charge in [0.25, 0.3) is 0 Å². The number of rotatable bonds is 6. The third-order valence-electron chi connectivity index (χ3n) is 3.32. The standard InChI is InChI=1S/C17H21BrN2O/c1-3-10-21-14-7-5-13(6-8-14)17(20-19)15-9-4-12(2)11-16(15)18/h4-9,11,17,20H,3,10,19H2,1-2H3. The van der Waals surface area contributed by atoms with Crippen LogP contribution in [0.2, 0.25) is 0 Å². The quantitative estimate of drug-likeness (QED) is 0.610. The van der Waals surface area contributed by atoms with Crippen LogP contribution in [-0.2, 0) is 0 Å². The number of hydrogen-bond donors (Lipinski definition) is 2. The lowest BCUT2D eigenvalue weighted by atomic mass is 9.98. The largest absolute Gasteiger partial charge is 0.494 e. The van der Waals surface area contributed by atoms with Crippen molar-refractivity contribution >= 4 is 15.9 Å². The maximum Gasteiger partial charge on any atom is 0.119 e. The Hall–Kier alpha value is -1.36. The van der Waals surface area contributed by atoms with Crippen molar-refractivity contribution in [3.8, 4) is 5.75 Å². The minimum Gasteiger partial charge on any atom is -0.494 e. The molecule has 0 aliphatic heterocycles. The summed E-state index contributed by atoms with van der Waals surface area (Å²) in [7, 11) is 0.